The molecule has 2 heterocycles. The standard InChI is InChI=1S/C14H21N5/c1-5-11-8-12(19(4)18-11)9-14(15-3)13-6-7-16-10(2)17-13/h6-8,14-15H,5,9H2,1-4H3. The van der Waals surface area contributed by atoms with E-state index in [2.05, 4.69) is 33.4 Å². The predicted octanol–water partition coefficient (Wildman–Crippen LogP) is 1.58. The molecule has 5 heteroatoms. The lowest BCUT2D eigenvalue weighted by molar-refractivity contribution is 0.546. The summed E-state index contributed by atoms with van der Waals surface area (Å²) in [5.74, 6) is 0.803. The monoisotopic (exact) mass is 259 g/mol. The zero-order valence-electron chi connectivity index (χ0n) is 12.0. The van der Waals surface area contributed by atoms with Crippen LogP contribution >= 0.6 is 0 Å². The molecule has 0 saturated heterocycles. The van der Waals surface area contributed by atoms with Gasteiger partial charge in [0.2, 0.25) is 0 Å². The van der Waals surface area contributed by atoms with E-state index in [1.807, 2.05) is 38.0 Å². The minimum atomic E-state index is 0.182. The summed E-state index contributed by atoms with van der Waals surface area (Å²) in [5.41, 5.74) is 3.37. The normalized spacial score (nSPS) is 12.6. The Kier molecular flexibility index (Phi) is 4.27. The minimum absolute atomic E-state index is 0.182. The smallest absolute Gasteiger partial charge is 0.125 e. The summed E-state index contributed by atoms with van der Waals surface area (Å²) in [6.07, 6.45) is 3.64. The second-order valence-electron chi connectivity index (χ2n) is 4.68. The van der Waals surface area contributed by atoms with Crippen LogP contribution in [0, 0.1) is 6.92 Å². The van der Waals surface area contributed by atoms with Crippen LogP contribution in [0.5, 0.6) is 0 Å². The quantitative estimate of drug-likeness (QED) is 0.886. The van der Waals surface area contributed by atoms with Gasteiger partial charge in [0.15, 0.2) is 0 Å². The molecular formula is C14H21N5. The molecule has 1 N–H and O–H groups in total. The van der Waals surface area contributed by atoms with Crippen LogP contribution in [0.15, 0.2) is 18.3 Å². The molecule has 0 aliphatic carbocycles. The first-order valence-electron chi connectivity index (χ1n) is 6.62. The number of hydrogen-bond acceptors (Lipinski definition) is 4. The van der Waals surface area contributed by atoms with E-state index in [9.17, 15) is 0 Å². The van der Waals surface area contributed by atoms with Crippen molar-refractivity contribution in [3.63, 3.8) is 0 Å². The zero-order valence-corrected chi connectivity index (χ0v) is 12.0. The zero-order chi connectivity index (χ0) is 13.8. The molecule has 0 radical (unpaired) electrons. The fourth-order valence-electron chi connectivity index (χ4n) is 2.17. The van der Waals surface area contributed by atoms with Gasteiger partial charge in [0.05, 0.1) is 17.4 Å². The fraction of sp³-hybridized carbons (Fsp3) is 0.500. The van der Waals surface area contributed by atoms with Gasteiger partial charge in [-0.2, -0.15) is 5.10 Å². The highest BCUT2D eigenvalue weighted by molar-refractivity contribution is 5.16. The van der Waals surface area contributed by atoms with Crippen molar-refractivity contribution in [1.82, 2.24) is 25.1 Å². The molecule has 102 valence electrons. The van der Waals surface area contributed by atoms with Crippen LogP contribution in [0.3, 0.4) is 0 Å². The van der Waals surface area contributed by atoms with Crippen molar-refractivity contribution in [3.8, 4) is 0 Å². The third-order valence-corrected chi connectivity index (χ3v) is 3.31. The summed E-state index contributed by atoms with van der Waals surface area (Å²) < 4.78 is 1.96. The van der Waals surface area contributed by atoms with Crippen molar-refractivity contribution in [3.05, 3.63) is 41.2 Å². The third kappa shape index (κ3) is 3.17. The van der Waals surface area contributed by atoms with Crippen molar-refractivity contribution in [2.24, 2.45) is 7.05 Å². The van der Waals surface area contributed by atoms with Gasteiger partial charge in [0.1, 0.15) is 5.82 Å². The Morgan fingerprint density at radius 3 is 2.79 bits per heavy atom. The maximum atomic E-state index is 4.49. The molecule has 5 nitrogen and oxygen atoms in total. The summed E-state index contributed by atoms with van der Waals surface area (Å²) in [6, 6.07) is 4.31. The average molecular weight is 259 g/mol. The van der Waals surface area contributed by atoms with Crippen molar-refractivity contribution in [2.45, 2.75) is 32.7 Å². The number of aryl methyl sites for hydroxylation is 3. The Labute approximate surface area is 114 Å². The van der Waals surface area contributed by atoms with E-state index >= 15 is 0 Å². The molecule has 2 aromatic rings. The first-order valence-corrected chi connectivity index (χ1v) is 6.62. The maximum absolute atomic E-state index is 4.49. The summed E-state index contributed by atoms with van der Waals surface area (Å²) in [6.45, 7) is 4.03. The molecule has 0 amide bonds. The molecule has 0 aromatic carbocycles. The Bertz CT molecular complexity index is 547. The molecule has 0 bridgehead atoms. The SMILES string of the molecule is CCc1cc(CC(NC)c2ccnc(C)n2)n(C)n1. The van der Waals surface area contributed by atoms with Crippen LogP contribution in [0.2, 0.25) is 0 Å². The van der Waals surface area contributed by atoms with Gasteiger partial charge >= 0.3 is 0 Å². The van der Waals surface area contributed by atoms with Crippen molar-refractivity contribution in [1.29, 1.82) is 0 Å². The molecule has 0 spiro atoms. The van der Waals surface area contributed by atoms with E-state index in [0.29, 0.717) is 0 Å². The summed E-state index contributed by atoms with van der Waals surface area (Å²) >= 11 is 0. The summed E-state index contributed by atoms with van der Waals surface area (Å²) in [5, 5.41) is 7.80. The second kappa shape index (κ2) is 5.93. The number of hydrogen-bond donors (Lipinski definition) is 1. The number of rotatable bonds is 5. The molecule has 0 aliphatic rings. The first kappa shape index (κ1) is 13.7. The highest BCUT2D eigenvalue weighted by Crippen LogP contribution is 2.16. The fourth-order valence-corrected chi connectivity index (χ4v) is 2.17. The average Bonchev–Trinajstić information content (AvgIpc) is 2.76. The van der Waals surface area contributed by atoms with Gasteiger partial charge in [-0.25, -0.2) is 9.97 Å². The second-order valence-corrected chi connectivity index (χ2v) is 4.68. The Hall–Kier alpha value is -1.75. The van der Waals surface area contributed by atoms with Gasteiger partial charge in [-0.1, -0.05) is 6.92 Å². The number of nitrogens with one attached hydrogen (secondary N) is 1. The van der Waals surface area contributed by atoms with Gasteiger partial charge in [-0.15, -0.1) is 0 Å². The van der Waals surface area contributed by atoms with Crippen molar-refractivity contribution in [2.75, 3.05) is 7.05 Å². The Morgan fingerprint density at radius 1 is 1.42 bits per heavy atom. The first-order chi connectivity index (χ1) is 9.13. The van der Waals surface area contributed by atoms with Gasteiger partial charge in [0.25, 0.3) is 0 Å². The van der Waals surface area contributed by atoms with E-state index in [4.69, 9.17) is 0 Å². The van der Waals surface area contributed by atoms with Crippen LogP contribution in [0.1, 0.15) is 35.9 Å². The van der Waals surface area contributed by atoms with Gasteiger partial charge in [0, 0.05) is 25.4 Å². The molecule has 2 aromatic heterocycles. The van der Waals surface area contributed by atoms with Crippen LogP contribution < -0.4 is 5.32 Å². The van der Waals surface area contributed by atoms with Crippen molar-refractivity contribution >= 4 is 0 Å². The third-order valence-electron chi connectivity index (χ3n) is 3.31. The van der Waals surface area contributed by atoms with Crippen LogP contribution in [0.4, 0.5) is 0 Å². The molecule has 0 aliphatic heterocycles. The lowest BCUT2D eigenvalue weighted by Crippen LogP contribution is -2.21. The lowest BCUT2D eigenvalue weighted by atomic mass is 10.1. The summed E-state index contributed by atoms with van der Waals surface area (Å²) in [7, 11) is 3.95. The molecule has 1 atom stereocenters. The Balaban J connectivity index is 2.21. The molecule has 2 rings (SSSR count). The van der Waals surface area contributed by atoms with E-state index in [0.717, 1.165) is 30.1 Å². The minimum Gasteiger partial charge on any atom is -0.311 e. The van der Waals surface area contributed by atoms with E-state index in [-0.39, 0.29) is 6.04 Å². The largest absolute Gasteiger partial charge is 0.311 e. The van der Waals surface area contributed by atoms with E-state index in [1.54, 1.807) is 0 Å². The van der Waals surface area contributed by atoms with E-state index < -0.39 is 0 Å². The highest BCUT2D eigenvalue weighted by atomic mass is 15.3. The van der Waals surface area contributed by atoms with Crippen LogP contribution in [-0.2, 0) is 19.9 Å². The molecule has 1 unspecified atom stereocenters. The molecule has 19 heavy (non-hydrogen) atoms. The lowest BCUT2D eigenvalue weighted by Gasteiger charge is -2.15. The van der Waals surface area contributed by atoms with Gasteiger partial charge in [-0.05, 0) is 32.5 Å². The summed E-state index contributed by atoms with van der Waals surface area (Å²) in [4.78, 5) is 8.64. The van der Waals surface area contributed by atoms with E-state index in [1.165, 1.54) is 5.69 Å². The molecule has 0 fully saturated rings. The molecular weight excluding hydrogens is 238 g/mol. The number of nitrogens with zero attached hydrogens (tertiary/aromatic N) is 4. The van der Waals surface area contributed by atoms with Gasteiger partial charge in [-0.3, -0.25) is 4.68 Å². The maximum Gasteiger partial charge on any atom is 0.125 e. The predicted molar refractivity (Wildman–Crippen MR) is 74.9 cm³/mol. The molecule has 0 saturated carbocycles. The number of likely N-dealkylation sites (N-methyl/N-ethyl adjacent to an activating group) is 1. The Morgan fingerprint density at radius 2 is 2.21 bits per heavy atom. The van der Waals surface area contributed by atoms with Crippen molar-refractivity contribution < 1.29 is 0 Å². The van der Waals surface area contributed by atoms with Gasteiger partial charge < -0.3 is 5.32 Å². The number of aromatic nitrogens is 4. The van der Waals surface area contributed by atoms with Crippen LogP contribution in [-0.4, -0.2) is 26.8 Å². The topological polar surface area (TPSA) is 55.6 Å². The van der Waals surface area contributed by atoms with Crippen LogP contribution in [0.25, 0.3) is 0 Å². The highest BCUT2D eigenvalue weighted by Gasteiger charge is 2.15.